The Morgan fingerprint density at radius 2 is 1.93 bits per heavy atom. The van der Waals surface area contributed by atoms with Crippen molar-refractivity contribution >= 4 is 39.7 Å². The fourth-order valence-corrected chi connectivity index (χ4v) is 3.34. The highest BCUT2D eigenvalue weighted by atomic mass is 35.5. The summed E-state index contributed by atoms with van der Waals surface area (Å²) in [5, 5.41) is 4.09. The minimum absolute atomic E-state index is 0.161. The first kappa shape index (κ1) is 16.6. The van der Waals surface area contributed by atoms with E-state index in [4.69, 9.17) is 16.6 Å². The van der Waals surface area contributed by atoms with Crippen molar-refractivity contribution in [1.29, 1.82) is 0 Å². The second kappa shape index (κ2) is 6.58. The van der Waals surface area contributed by atoms with E-state index in [-0.39, 0.29) is 6.04 Å². The van der Waals surface area contributed by atoms with Gasteiger partial charge in [-0.15, -0.1) is 0 Å². The summed E-state index contributed by atoms with van der Waals surface area (Å²) in [5.74, 6) is 1.47. The van der Waals surface area contributed by atoms with Gasteiger partial charge in [-0.3, -0.25) is 4.57 Å². The number of imidazole rings is 2. The van der Waals surface area contributed by atoms with Gasteiger partial charge in [0.2, 0.25) is 0 Å². The maximum atomic E-state index is 6.07. The van der Waals surface area contributed by atoms with Crippen LogP contribution in [0.1, 0.15) is 18.8 Å². The number of pyridine rings is 1. The van der Waals surface area contributed by atoms with Crippen molar-refractivity contribution in [2.45, 2.75) is 13.0 Å². The molecule has 4 aromatic heterocycles. The lowest BCUT2D eigenvalue weighted by Crippen LogP contribution is -2.14. The molecule has 4 heterocycles. The minimum Gasteiger partial charge on any atom is -0.358 e. The Morgan fingerprint density at radius 3 is 2.79 bits per heavy atom. The lowest BCUT2D eigenvalue weighted by Gasteiger charge is -2.16. The average Bonchev–Trinajstić information content (AvgIpc) is 3.34. The number of rotatable bonds is 4. The number of fused-ring (bicyclic) bond motifs is 2. The van der Waals surface area contributed by atoms with Crippen LogP contribution in [0.2, 0.25) is 5.02 Å². The number of halogens is 1. The molecule has 8 nitrogen and oxygen atoms in total. The van der Waals surface area contributed by atoms with Gasteiger partial charge in [0.05, 0.1) is 12.4 Å². The molecule has 1 aromatic carbocycles. The predicted octanol–water partition coefficient (Wildman–Crippen LogP) is 3.91. The number of aromatic amines is 1. The van der Waals surface area contributed by atoms with Crippen molar-refractivity contribution in [2.75, 3.05) is 5.32 Å². The number of H-pyrrole nitrogens is 1. The maximum Gasteiger partial charge on any atom is 0.182 e. The van der Waals surface area contributed by atoms with Crippen LogP contribution < -0.4 is 5.32 Å². The third-order valence-corrected chi connectivity index (χ3v) is 4.74. The van der Waals surface area contributed by atoms with Gasteiger partial charge in [-0.2, -0.15) is 0 Å². The van der Waals surface area contributed by atoms with Gasteiger partial charge in [0.15, 0.2) is 17.1 Å². The molecule has 0 unspecified atom stereocenters. The average molecular weight is 391 g/mol. The summed E-state index contributed by atoms with van der Waals surface area (Å²) in [6.07, 6.45) is 4.85. The highest BCUT2D eigenvalue weighted by molar-refractivity contribution is 6.30. The summed E-state index contributed by atoms with van der Waals surface area (Å²) in [5.41, 5.74) is 3.89. The summed E-state index contributed by atoms with van der Waals surface area (Å²) in [7, 11) is 0. The fourth-order valence-electron chi connectivity index (χ4n) is 3.21. The number of aromatic nitrogens is 7. The molecule has 5 aromatic rings. The summed E-state index contributed by atoms with van der Waals surface area (Å²) >= 11 is 6.07. The topological polar surface area (TPSA) is 97.2 Å². The van der Waals surface area contributed by atoms with E-state index in [1.54, 1.807) is 12.5 Å². The molecule has 0 radical (unpaired) electrons. The molecule has 0 saturated carbocycles. The normalized spacial score (nSPS) is 12.5. The van der Waals surface area contributed by atoms with E-state index in [1.807, 2.05) is 47.9 Å². The molecule has 28 heavy (non-hydrogen) atoms. The second-order valence-electron chi connectivity index (χ2n) is 6.32. The molecule has 0 aliphatic rings. The number of nitrogens with zero attached hydrogens (tertiary/aromatic N) is 6. The van der Waals surface area contributed by atoms with Crippen LogP contribution in [0.25, 0.3) is 28.0 Å². The molecule has 0 aliphatic heterocycles. The van der Waals surface area contributed by atoms with E-state index in [0.29, 0.717) is 16.5 Å². The molecule has 1 atom stereocenters. The molecule has 9 heteroatoms. The Balaban J connectivity index is 1.62. The van der Waals surface area contributed by atoms with E-state index < -0.39 is 0 Å². The van der Waals surface area contributed by atoms with E-state index in [2.05, 4.69) is 30.2 Å². The van der Waals surface area contributed by atoms with E-state index >= 15 is 0 Å². The fraction of sp³-hybridized carbons (Fsp3) is 0.105. The van der Waals surface area contributed by atoms with E-state index in [0.717, 1.165) is 28.2 Å². The van der Waals surface area contributed by atoms with E-state index in [9.17, 15) is 0 Å². The first-order valence-corrected chi connectivity index (χ1v) is 9.08. The zero-order valence-corrected chi connectivity index (χ0v) is 15.6. The number of hydrogen-bond donors (Lipinski definition) is 2. The summed E-state index contributed by atoms with van der Waals surface area (Å²) in [6.45, 7) is 2.03. The minimum atomic E-state index is -0.161. The van der Waals surface area contributed by atoms with Gasteiger partial charge >= 0.3 is 0 Å². The zero-order valence-electron chi connectivity index (χ0n) is 14.8. The molecular formula is C19H15ClN8. The third-order valence-electron chi connectivity index (χ3n) is 4.49. The smallest absolute Gasteiger partial charge is 0.182 e. The zero-order chi connectivity index (χ0) is 19.1. The van der Waals surface area contributed by atoms with Gasteiger partial charge in [0, 0.05) is 16.9 Å². The summed E-state index contributed by atoms with van der Waals surface area (Å²) in [4.78, 5) is 25.1. The molecule has 0 amide bonds. The molecule has 5 rings (SSSR count). The van der Waals surface area contributed by atoms with Crippen molar-refractivity contribution in [3.8, 4) is 5.69 Å². The first-order chi connectivity index (χ1) is 13.7. The second-order valence-corrected chi connectivity index (χ2v) is 6.75. The van der Waals surface area contributed by atoms with Crippen LogP contribution in [0.3, 0.4) is 0 Å². The third kappa shape index (κ3) is 2.74. The van der Waals surface area contributed by atoms with Gasteiger partial charge in [-0.05, 0) is 43.3 Å². The Bertz CT molecular complexity index is 1270. The number of hydrogen-bond acceptors (Lipinski definition) is 6. The Hall–Kier alpha value is -3.52. The van der Waals surface area contributed by atoms with Gasteiger partial charge in [0.1, 0.15) is 23.2 Å². The molecular weight excluding hydrogens is 376 g/mol. The lowest BCUT2D eigenvalue weighted by molar-refractivity contribution is 0.767. The molecule has 0 fully saturated rings. The van der Waals surface area contributed by atoms with Gasteiger partial charge in [0.25, 0.3) is 0 Å². The van der Waals surface area contributed by atoms with Crippen molar-refractivity contribution < 1.29 is 0 Å². The van der Waals surface area contributed by atoms with Crippen molar-refractivity contribution in [3.63, 3.8) is 0 Å². The highest BCUT2D eigenvalue weighted by Crippen LogP contribution is 2.27. The summed E-state index contributed by atoms with van der Waals surface area (Å²) < 4.78 is 2.02. The molecule has 0 aliphatic carbocycles. The van der Waals surface area contributed by atoms with Crippen LogP contribution in [0, 0.1) is 0 Å². The molecule has 2 N–H and O–H groups in total. The molecule has 0 spiro atoms. The summed E-state index contributed by atoms with van der Waals surface area (Å²) in [6, 6.07) is 11.3. The lowest BCUT2D eigenvalue weighted by atomic mass is 10.2. The molecule has 0 saturated heterocycles. The van der Waals surface area contributed by atoms with Crippen LogP contribution >= 0.6 is 11.6 Å². The van der Waals surface area contributed by atoms with Gasteiger partial charge < -0.3 is 10.3 Å². The predicted molar refractivity (Wildman–Crippen MR) is 108 cm³/mol. The Morgan fingerprint density at radius 1 is 1.07 bits per heavy atom. The Kier molecular flexibility index (Phi) is 3.91. The van der Waals surface area contributed by atoms with Crippen molar-refractivity contribution in [3.05, 3.63) is 66.1 Å². The van der Waals surface area contributed by atoms with Crippen LogP contribution in [0.4, 0.5) is 5.82 Å². The van der Waals surface area contributed by atoms with Gasteiger partial charge in [-0.25, -0.2) is 24.9 Å². The standard InChI is InChI=1S/C19H15ClN8/c1-11(26-17-15-16(23-9-22-15)24-10-25-17)18-27-14-3-2-8-21-19(14)28(18)13-6-4-12(20)5-7-13/h2-11H,1H3,(H2,22,23,24,25,26)/t11-/m0/s1. The van der Waals surface area contributed by atoms with Crippen LogP contribution in [-0.2, 0) is 0 Å². The van der Waals surface area contributed by atoms with Crippen LogP contribution in [0.15, 0.2) is 55.2 Å². The number of nitrogens with one attached hydrogen (secondary N) is 2. The van der Waals surface area contributed by atoms with Crippen molar-refractivity contribution in [2.24, 2.45) is 0 Å². The first-order valence-electron chi connectivity index (χ1n) is 8.70. The van der Waals surface area contributed by atoms with E-state index in [1.165, 1.54) is 6.33 Å². The number of anilines is 1. The largest absolute Gasteiger partial charge is 0.358 e. The molecule has 0 bridgehead atoms. The van der Waals surface area contributed by atoms with Crippen LogP contribution in [0.5, 0.6) is 0 Å². The SMILES string of the molecule is C[C@H](Nc1ncnc2nc[nH]c12)c1nc2cccnc2n1-c1ccc(Cl)cc1. The Labute approximate surface area is 164 Å². The van der Waals surface area contributed by atoms with Crippen molar-refractivity contribution in [1.82, 2.24) is 34.5 Å². The molecule has 138 valence electrons. The van der Waals surface area contributed by atoms with Crippen LogP contribution in [-0.4, -0.2) is 34.5 Å². The maximum absolute atomic E-state index is 6.07. The quantitative estimate of drug-likeness (QED) is 0.482. The van der Waals surface area contributed by atoms with Gasteiger partial charge in [-0.1, -0.05) is 11.6 Å². The monoisotopic (exact) mass is 390 g/mol. The highest BCUT2D eigenvalue weighted by Gasteiger charge is 2.20. The number of benzene rings is 1.